The van der Waals surface area contributed by atoms with Crippen LogP contribution in [0.4, 0.5) is 0 Å². The third-order valence-electron chi connectivity index (χ3n) is 5.99. The van der Waals surface area contributed by atoms with Crippen LogP contribution in [0.2, 0.25) is 0 Å². The van der Waals surface area contributed by atoms with Gasteiger partial charge in [0.25, 0.3) is 0 Å². The number of ketones is 2. The molecule has 0 spiro atoms. The Morgan fingerprint density at radius 3 is 2.57 bits per heavy atom. The van der Waals surface area contributed by atoms with Crippen LogP contribution in [-0.4, -0.2) is 35.9 Å². The maximum absolute atomic E-state index is 12.6. The van der Waals surface area contributed by atoms with Gasteiger partial charge in [0.1, 0.15) is 11.6 Å². The highest BCUT2D eigenvalue weighted by Gasteiger charge is 2.41. The van der Waals surface area contributed by atoms with Crippen LogP contribution in [0.25, 0.3) is 0 Å². The van der Waals surface area contributed by atoms with Gasteiger partial charge in [-0.15, -0.1) is 0 Å². The minimum absolute atomic E-state index is 0.0920. The van der Waals surface area contributed by atoms with Crippen LogP contribution in [0.1, 0.15) is 85.0 Å². The molecule has 0 amide bonds. The molecule has 5 nitrogen and oxygen atoms in total. The Kier molecular flexibility index (Phi) is 10.7. The van der Waals surface area contributed by atoms with Gasteiger partial charge in [0.2, 0.25) is 0 Å². The summed E-state index contributed by atoms with van der Waals surface area (Å²) in [5.74, 6) is -0.246. The Balaban J connectivity index is 2.51. The van der Waals surface area contributed by atoms with Crippen molar-refractivity contribution in [2.24, 2.45) is 17.3 Å². The molecular formula is C23H38O5. The van der Waals surface area contributed by atoms with Gasteiger partial charge in [-0.25, -0.2) is 0 Å². The molecule has 5 heteroatoms. The molecule has 1 aliphatic rings. The minimum atomic E-state index is -0.642. The first-order valence-corrected chi connectivity index (χ1v) is 10.7. The highest BCUT2D eigenvalue weighted by molar-refractivity contribution is 5.86. The number of aliphatic hydroxyl groups is 1. The molecule has 1 aliphatic carbocycles. The summed E-state index contributed by atoms with van der Waals surface area (Å²) in [5, 5.41) is 10.3. The topological polar surface area (TPSA) is 80.7 Å². The van der Waals surface area contributed by atoms with Crippen LogP contribution >= 0.6 is 0 Å². The second-order valence-electron chi connectivity index (χ2n) is 8.63. The van der Waals surface area contributed by atoms with E-state index in [0.717, 1.165) is 32.1 Å². The second kappa shape index (κ2) is 12.2. The van der Waals surface area contributed by atoms with E-state index in [1.54, 1.807) is 0 Å². The Bertz CT molecular complexity index is 549. The number of ether oxygens (including phenoxy) is 1. The van der Waals surface area contributed by atoms with Crippen molar-refractivity contribution >= 4 is 17.5 Å². The SMILES string of the molecule is CCCCC(C)(C)C(=O)CCC1C(O)CC(=O)C1C/C=C/CCCC(=O)OC. The lowest BCUT2D eigenvalue weighted by molar-refractivity contribution is -0.140. The number of rotatable bonds is 13. The zero-order chi connectivity index (χ0) is 21.2. The highest BCUT2D eigenvalue weighted by atomic mass is 16.5. The van der Waals surface area contributed by atoms with E-state index in [2.05, 4.69) is 11.7 Å². The molecule has 1 saturated carbocycles. The van der Waals surface area contributed by atoms with E-state index in [4.69, 9.17) is 0 Å². The maximum Gasteiger partial charge on any atom is 0.305 e. The van der Waals surface area contributed by atoms with Gasteiger partial charge in [-0.05, 0) is 38.0 Å². The first-order valence-electron chi connectivity index (χ1n) is 10.7. The number of methoxy groups -OCH3 is 1. The van der Waals surface area contributed by atoms with Gasteiger partial charge >= 0.3 is 5.97 Å². The van der Waals surface area contributed by atoms with Crippen molar-refractivity contribution in [1.29, 1.82) is 0 Å². The van der Waals surface area contributed by atoms with E-state index in [1.807, 2.05) is 26.0 Å². The summed E-state index contributed by atoms with van der Waals surface area (Å²) in [6, 6.07) is 0. The largest absolute Gasteiger partial charge is 0.469 e. The third kappa shape index (κ3) is 7.86. The van der Waals surface area contributed by atoms with Crippen molar-refractivity contribution in [3.8, 4) is 0 Å². The standard InChI is InChI=1S/C23H38O5/c1-5-6-15-23(2,3)21(26)14-13-18-17(19(24)16-20(18)25)11-9-7-8-10-12-22(27)28-4/h7,9,17-18,20,25H,5-6,8,10-16H2,1-4H3/b9-7+. The van der Waals surface area contributed by atoms with Crippen molar-refractivity contribution in [2.45, 2.75) is 91.1 Å². The van der Waals surface area contributed by atoms with Crippen molar-refractivity contribution < 1.29 is 24.2 Å². The summed E-state index contributed by atoms with van der Waals surface area (Å²) in [5.41, 5.74) is -0.335. The molecule has 0 aliphatic heterocycles. The normalized spacial score (nSPS) is 22.8. The van der Waals surface area contributed by atoms with E-state index in [9.17, 15) is 19.5 Å². The second-order valence-corrected chi connectivity index (χ2v) is 8.63. The Labute approximate surface area is 169 Å². The van der Waals surface area contributed by atoms with E-state index in [1.165, 1.54) is 7.11 Å². The molecule has 1 rings (SSSR count). The number of carbonyl (C=O) groups is 3. The highest BCUT2D eigenvalue weighted by Crippen LogP contribution is 2.37. The van der Waals surface area contributed by atoms with Crippen LogP contribution in [0.15, 0.2) is 12.2 Å². The summed E-state index contributed by atoms with van der Waals surface area (Å²) < 4.78 is 4.61. The summed E-state index contributed by atoms with van der Waals surface area (Å²) in [4.78, 5) is 36.0. The zero-order valence-electron chi connectivity index (χ0n) is 18.0. The number of Topliss-reactive ketones (excluding diaryl/α,β-unsaturated/α-hetero) is 2. The smallest absolute Gasteiger partial charge is 0.305 e. The molecule has 0 bridgehead atoms. The summed E-state index contributed by atoms with van der Waals surface area (Å²) in [6.07, 6.45) is 9.94. The summed E-state index contributed by atoms with van der Waals surface area (Å²) >= 11 is 0. The zero-order valence-corrected chi connectivity index (χ0v) is 18.0. The fourth-order valence-electron chi connectivity index (χ4n) is 3.94. The molecule has 1 fully saturated rings. The van der Waals surface area contributed by atoms with Gasteiger partial charge in [-0.1, -0.05) is 45.8 Å². The molecule has 0 aromatic rings. The fourth-order valence-corrected chi connectivity index (χ4v) is 3.94. The molecule has 0 aromatic heterocycles. The van der Waals surface area contributed by atoms with Gasteiger partial charge in [-0.2, -0.15) is 0 Å². The Morgan fingerprint density at radius 2 is 1.93 bits per heavy atom. The average Bonchev–Trinajstić information content (AvgIpc) is 2.93. The average molecular weight is 395 g/mol. The number of hydrogen-bond donors (Lipinski definition) is 1. The van der Waals surface area contributed by atoms with Crippen LogP contribution in [0.5, 0.6) is 0 Å². The number of aliphatic hydroxyl groups excluding tert-OH is 1. The number of esters is 1. The van der Waals surface area contributed by atoms with Crippen molar-refractivity contribution in [1.82, 2.24) is 0 Å². The van der Waals surface area contributed by atoms with E-state index >= 15 is 0 Å². The van der Waals surface area contributed by atoms with Gasteiger partial charge in [-0.3, -0.25) is 14.4 Å². The lowest BCUT2D eigenvalue weighted by Gasteiger charge is -2.25. The van der Waals surface area contributed by atoms with Gasteiger partial charge in [0, 0.05) is 30.6 Å². The van der Waals surface area contributed by atoms with Crippen LogP contribution in [0.3, 0.4) is 0 Å². The van der Waals surface area contributed by atoms with Crippen molar-refractivity contribution in [2.75, 3.05) is 7.11 Å². The minimum Gasteiger partial charge on any atom is -0.469 e. The predicted octanol–water partition coefficient (Wildman–Crippen LogP) is 4.41. The maximum atomic E-state index is 12.6. The summed E-state index contributed by atoms with van der Waals surface area (Å²) in [6.45, 7) is 6.11. The number of hydrogen-bond acceptors (Lipinski definition) is 5. The number of unbranched alkanes of at least 4 members (excludes halogenated alkanes) is 2. The monoisotopic (exact) mass is 394 g/mol. The predicted molar refractivity (Wildman–Crippen MR) is 110 cm³/mol. The molecule has 0 heterocycles. The molecule has 0 radical (unpaired) electrons. The quantitative estimate of drug-likeness (QED) is 0.284. The van der Waals surface area contributed by atoms with Gasteiger partial charge < -0.3 is 9.84 Å². The molecule has 3 atom stereocenters. The van der Waals surface area contributed by atoms with E-state index < -0.39 is 6.10 Å². The van der Waals surface area contributed by atoms with Gasteiger partial charge in [0.15, 0.2) is 0 Å². The van der Waals surface area contributed by atoms with Gasteiger partial charge in [0.05, 0.1) is 13.2 Å². The third-order valence-corrected chi connectivity index (χ3v) is 5.99. The van der Waals surface area contributed by atoms with Crippen LogP contribution < -0.4 is 0 Å². The van der Waals surface area contributed by atoms with Crippen LogP contribution in [-0.2, 0) is 19.1 Å². The lowest BCUT2D eigenvalue weighted by Crippen LogP contribution is -2.27. The van der Waals surface area contributed by atoms with Crippen LogP contribution in [0, 0.1) is 17.3 Å². The fraction of sp³-hybridized carbons (Fsp3) is 0.783. The Hall–Kier alpha value is -1.49. The number of carbonyl (C=O) groups excluding carboxylic acids is 3. The Morgan fingerprint density at radius 1 is 1.21 bits per heavy atom. The molecule has 0 aromatic carbocycles. The molecule has 28 heavy (non-hydrogen) atoms. The first-order chi connectivity index (χ1) is 13.2. The molecular weight excluding hydrogens is 356 g/mol. The van der Waals surface area contributed by atoms with Crippen molar-refractivity contribution in [3.63, 3.8) is 0 Å². The molecule has 1 N–H and O–H groups in total. The van der Waals surface area contributed by atoms with E-state index in [-0.39, 0.29) is 41.2 Å². The number of allylic oxidation sites excluding steroid dienone is 2. The van der Waals surface area contributed by atoms with Crippen molar-refractivity contribution in [3.05, 3.63) is 12.2 Å². The molecule has 0 saturated heterocycles. The summed E-state index contributed by atoms with van der Waals surface area (Å²) in [7, 11) is 1.38. The first kappa shape index (κ1) is 24.5. The molecule has 3 unspecified atom stereocenters. The molecule has 160 valence electrons. The van der Waals surface area contributed by atoms with E-state index in [0.29, 0.717) is 25.7 Å². The lowest BCUT2D eigenvalue weighted by atomic mass is 9.78.